The van der Waals surface area contributed by atoms with Crippen LogP contribution in [0.15, 0.2) is 24.3 Å². The summed E-state index contributed by atoms with van der Waals surface area (Å²) >= 11 is 1.68. The molecule has 1 amide bonds. The van der Waals surface area contributed by atoms with Gasteiger partial charge < -0.3 is 5.32 Å². The van der Waals surface area contributed by atoms with E-state index in [4.69, 9.17) is 0 Å². The van der Waals surface area contributed by atoms with Gasteiger partial charge in [-0.25, -0.2) is 0 Å². The Labute approximate surface area is 152 Å². The van der Waals surface area contributed by atoms with Crippen LogP contribution in [0, 0.1) is 6.92 Å². The van der Waals surface area contributed by atoms with Crippen molar-refractivity contribution >= 4 is 23.0 Å². The van der Waals surface area contributed by atoms with E-state index in [1.165, 1.54) is 16.9 Å². The second kappa shape index (κ2) is 6.75. The molecule has 4 rings (SSSR count). The standard InChI is InChI=1S/C21H23NO2S/c1-13-6-2-3-7-15(13)17(23)12-19-20(21(24)22-14-10-11-14)16-8-4-5-9-18(16)25-19/h2-3,6-7,14H,4-5,8-12H2,1H3,(H,22,24). The maximum atomic E-state index is 12.8. The molecule has 2 aliphatic carbocycles. The summed E-state index contributed by atoms with van der Waals surface area (Å²) in [7, 11) is 0. The topological polar surface area (TPSA) is 46.2 Å². The number of rotatable bonds is 5. The molecule has 2 aliphatic rings. The zero-order valence-electron chi connectivity index (χ0n) is 14.6. The van der Waals surface area contributed by atoms with E-state index in [-0.39, 0.29) is 11.7 Å². The van der Waals surface area contributed by atoms with Crippen LogP contribution in [-0.2, 0) is 19.3 Å². The minimum atomic E-state index is 0.0366. The summed E-state index contributed by atoms with van der Waals surface area (Å²) in [4.78, 5) is 27.9. The normalized spacial score (nSPS) is 16.4. The highest BCUT2D eigenvalue weighted by Crippen LogP contribution is 2.36. The second-order valence-electron chi connectivity index (χ2n) is 7.17. The van der Waals surface area contributed by atoms with Gasteiger partial charge in [-0.05, 0) is 56.6 Å². The predicted molar refractivity (Wildman–Crippen MR) is 101 cm³/mol. The van der Waals surface area contributed by atoms with Gasteiger partial charge in [0.1, 0.15) is 0 Å². The number of nitrogens with one attached hydrogen (secondary N) is 1. The van der Waals surface area contributed by atoms with Gasteiger partial charge in [0.2, 0.25) is 0 Å². The molecule has 130 valence electrons. The molecule has 1 aromatic heterocycles. The average Bonchev–Trinajstić information content (AvgIpc) is 3.33. The molecule has 4 heteroatoms. The van der Waals surface area contributed by atoms with Gasteiger partial charge in [0.25, 0.3) is 5.91 Å². The third-order valence-electron chi connectivity index (χ3n) is 5.15. The van der Waals surface area contributed by atoms with E-state index in [0.29, 0.717) is 12.5 Å². The Morgan fingerprint density at radius 3 is 2.68 bits per heavy atom. The van der Waals surface area contributed by atoms with Crippen molar-refractivity contribution in [2.24, 2.45) is 0 Å². The Kier molecular flexibility index (Phi) is 4.46. The quantitative estimate of drug-likeness (QED) is 0.817. The van der Waals surface area contributed by atoms with Crippen LogP contribution >= 0.6 is 11.3 Å². The first-order valence-electron chi connectivity index (χ1n) is 9.16. The lowest BCUT2D eigenvalue weighted by atomic mass is 9.93. The van der Waals surface area contributed by atoms with Gasteiger partial charge in [0.15, 0.2) is 5.78 Å². The van der Waals surface area contributed by atoms with Gasteiger partial charge in [-0.3, -0.25) is 9.59 Å². The van der Waals surface area contributed by atoms with E-state index in [9.17, 15) is 9.59 Å². The molecular formula is C21H23NO2S. The number of Topliss-reactive ketones (excluding diaryl/α,β-unsaturated/α-hetero) is 1. The third-order valence-corrected chi connectivity index (χ3v) is 6.44. The number of benzene rings is 1. The van der Waals surface area contributed by atoms with E-state index in [1.807, 2.05) is 31.2 Å². The third kappa shape index (κ3) is 3.40. The first-order valence-corrected chi connectivity index (χ1v) is 9.98. The molecule has 0 atom stereocenters. The summed E-state index contributed by atoms with van der Waals surface area (Å²) in [6, 6.07) is 8.04. The lowest BCUT2D eigenvalue weighted by molar-refractivity contribution is 0.0949. The van der Waals surface area contributed by atoms with E-state index in [2.05, 4.69) is 5.32 Å². The van der Waals surface area contributed by atoms with Gasteiger partial charge in [-0.1, -0.05) is 24.3 Å². The van der Waals surface area contributed by atoms with Gasteiger partial charge in [-0.2, -0.15) is 0 Å². The van der Waals surface area contributed by atoms with Gasteiger partial charge in [0.05, 0.1) is 5.56 Å². The highest BCUT2D eigenvalue weighted by molar-refractivity contribution is 7.12. The first kappa shape index (κ1) is 16.5. The van der Waals surface area contributed by atoms with Crippen molar-refractivity contribution in [2.75, 3.05) is 0 Å². The molecule has 0 aliphatic heterocycles. The van der Waals surface area contributed by atoms with Crippen LogP contribution in [0.3, 0.4) is 0 Å². The molecular weight excluding hydrogens is 330 g/mol. The summed E-state index contributed by atoms with van der Waals surface area (Å²) in [5, 5.41) is 3.13. The molecule has 0 spiro atoms. The number of carbonyl (C=O) groups is 2. The summed E-state index contributed by atoms with van der Waals surface area (Å²) in [6.45, 7) is 1.97. The molecule has 0 bridgehead atoms. The molecule has 1 N–H and O–H groups in total. The fourth-order valence-electron chi connectivity index (χ4n) is 3.62. The van der Waals surface area contributed by atoms with Crippen molar-refractivity contribution in [3.05, 3.63) is 56.3 Å². The monoisotopic (exact) mass is 353 g/mol. The lowest BCUT2D eigenvalue weighted by Gasteiger charge is -2.13. The van der Waals surface area contributed by atoms with E-state index in [1.54, 1.807) is 11.3 Å². The molecule has 0 saturated heterocycles. The van der Waals surface area contributed by atoms with E-state index < -0.39 is 0 Å². The molecule has 3 nitrogen and oxygen atoms in total. The minimum absolute atomic E-state index is 0.0366. The molecule has 25 heavy (non-hydrogen) atoms. The average molecular weight is 353 g/mol. The van der Waals surface area contributed by atoms with Crippen molar-refractivity contribution in [3.8, 4) is 0 Å². The van der Waals surface area contributed by atoms with E-state index in [0.717, 1.165) is 53.7 Å². The number of hydrogen-bond acceptors (Lipinski definition) is 3. The molecule has 1 aromatic carbocycles. The van der Waals surface area contributed by atoms with Crippen LogP contribution in [0.25, 0.3) is 0 Å². The molecule has 1 heterocycles. The zero-order valence-corrected chi connectivity index (χ0v) is 15.4. The van der Waals surface area contributed by atoms with Crippen LogP contribution in [-0.4, -0.2) is 17.7 Å². The van der Waals surface area contributed by atoms with Crippen LogP contribution in [0.2, 0.25) is 0 Å². The minimum Gasteiger partial charge on any atom is -0.349 e. The highest BCUT2D eigenvalue weighted by atomic mass is 32.1. The van der Waals surface area contributed by atoms with Crippen molar-refractivity contribution in [2.45, 2.75) is 57.9 Å². The van der Waals surface area contributed by atoms with Gasteiger partial charge in [0, 0.05) is 27.8 Å². The summed E-state index contributed by atoms with van der Waals surface area (Å²) < 4.78 is 0. The Bertz CT molecular complexity index is 832. The summed E-state index contributed by atoms with van der Waals surface area (Å²) in [6.07, 6.45) is 6.82. The van der Waals surface area contributed by atoms with E-state index >= 15 is 0 Å². The zero-order chi connectivity index (χ0) is 17.4. The maximum Gasteiger partial charge on any atom is 0.252 e. The number of aryl methyl sites for hydroxylation is 2. The van der Waals surface area contributed by atoms with Crippen molar-refractivity contribution < 1.29 is 9.59 Å². The largest absolute Gasteiger partial charge is 0.349 e. The number of amides is 1. The van der Waals surface area contributed by atoms with Crippen molar-refractivity contribution in [3.63, 3.8) is 0 Å². The highest BCUT2D eigenvalue weighted by Gasteiger charge is 2.30. The van der Waals surface area contributed by atoms with Gasteiger partial charge in [-0.15, -0.1) is 11.3 Å². The molecule has 2 aromatic rings. The van der Waals surface area contributed by atoms with Crippen molar-refractivity contribution in [1.82, 2.24) is 5.32 Å². The number of thiophene rings is 1. The summed E-state index contributed by atoms with van der Waals surface area (Å²) in [5.41, 5.74) is 3.79. The fraction of sp³-hybridized carbons (Fsp3) is 0.429. The van der Waals surface area contributed by atoms with Crippen LogP contribution < -0.4 is 5.32 Å². The molecule has 1 saturated carbocycles. The number of hydrogen-bond donors (Lipinski definition) is 1. The molecule has 0 radical (unpaired) electrons. The Morgan fingerprint density at radius 1 is 1.16 bits per heavy atom. The smallest absolute Gasteiger partial charge is 0.252 e. The number of fused-ring (bicyclic) bond motifs is 1. The Hall–Kier alpha value is -1.94. The van der Waals surface area contributed by atoms with Crippen LogP contribution in [0.4, 0.5) is 0 Å². The molecule has 1 fully saturated rings. The second-order valence-corrected chi connectivity index (χ2v) is 8.36. The lowest BCUT2D eigenvalue weighted by Crippen LogP contribution is -2.27. The first-order chi connectivity index (χ1) is 12.1. The summed E-state index contributed by atoms with van der Waals surface area (Å²) in [5.74, 6) is 0.145. The number of carbonyl (C=O) groups excluding carboxylic acids is 2. The van der Waals surface area contributed by atoms with Gasteiger partial charge >= 0.3 is 0 Å². The Balaban J connectivity index is 1.66. The van der Waals surface area contributed by atoms with Crippen LogP contribution in [0.1, 0.15) is 67.3 Å². The predicted octanol–water partition coefficient (Wildman–Crippen LogP) is 4.25. The van der Waals surface area contributed by atoms with Crippen molar-refractivity contribution in [1.29, 1.82) is 0 Å². The Morgan fingerprint density at radius 2 is 1.92 bits per heavy atom. The molecule has 0 unspecified atom stereocenters. The number of ketones is 1. The fourth-order valence-corrected chi connectivity index (χ4v) is 5.02. The maximum absolute atomic E-state index is 12.8. The van der Waals surface area contributed by atoms with Crippen LogP contribution in [0.5, 0.6) is 0 Å². The SMILES string of the molecule is Cc1ccccc1C(=O)Cc1sc2c(c1C(=O)NC1CC1)CCCC2.